The third-order valence-electron chi connectivity index (χ3n) is 5.38. The van der Waals surface area contributed by atoms with Crippen LogP contribution < -0.4 is 14.2 Å². The predicted molar refractivity (Wildman–Crippen MR) is 109 cm³/mol. The van der Waals surface area contributed by atoms with Crippen LogP contribution in [-0.4, -0.2) is 49.1 Å². The van der Waals surface area contributed by atoms with Crippen LogP contribution in [0.25, 0.3) is 11.4 Å². The summed E-state index contributed by atoms with van der Waals surface area (Å²) in [6.45, 7) is 1.36. The van der Waals surface area contributed by atoms with E-state index in [0.717, 1.165) is 17.8 Å². The average Bonchev–Trinajstić information content (AvgIpc) is 3.42. The van der Waals surface area contributed by atoms with E-state index >= 15 is 0 Å². The quantitative estimate of drug-likeness (QED) is 0.611. The Balaban J connectivity index is 1.70. The minimum absolute atomic E-state index is 0.179. The molecule has 29 heavy (non-hydrogen) atoms. The van der Waals surface area contributed by atoms with Gasteiger partial charge in [0.15, 0.2) is 11.5 Å². The fraction of sp³-hybridized carbons (Fsp3) is 0.364. The first kappa shape index (κ1) is 19.3. The van der Waals surface area contributed by atoms with Crippen LogP contribution in [0.2, 0.25) is 0 Å². The van der Waals surface area contributed by atoms with E-state index in [1.807, 2.05) is 36.9 Å². The monoisotopic (exact) mass is 395 g/mol. The Bertz CT molecular complexity index is 958. The van der Waals surface area contributed by atoms with E-state index in [0.29, 0.717) is 36.4 Å². The zero-order chi connectivity index (χ0) is 20.2. The summed E-state index contributed by atoms with van der Waals surface area (Å²) in [4.78, 5) is 8.74. The highest BCUT2D eigenvalue weighted by molar-refractivity contribution is 5.72. The van der Waals surface area contributed by atoms with Gasteiger partial charge in [-0.1, -0.05) is 0 Å². The van der Waals surface area contributed by atoms with Crippen LogP contribution in [0.15, 0.2) is 49.1 Å². The Labute approximate surface area is 170 Å². The largest absolute Gasteiger partial charge is 0.493 e. The highest BCUT2D eigenvalue weighted by Crippen LogP contribution is 2.44. The molecule has 152 valence electrons. The first-order valence-corrected chi connectivity index (χ1v) is 9.55. The van der Waals surface area contributed by atoms with Gasteiger partial charge >= 0.3 is 0 Å². The lowest BCUT2D eigenvalue weighted by molar-refractivity contribution is 0.181. The molecule has 4 rings (SSSR count). The van der Waals surface area contributed by atoms with E-state index in [1.165, 1.54) is 5.56 Å². The summed E-state index contributed by atoms with van der Waals surface area (Å²) >= 11 is 0. The Morgan fingerprint density at radius 1 is 0.966 bits per heavy atom. The standard InChI is InChI=1S/C22H25N3O4/c1-26-19-5-4-17(20(27-2)21(19)28-3)22-24-10-11-25(22)18-14-29-13-16(18)12-15-6-8-23-9-7-15/h4-11,16,18H,12-14H2,1-3H3/t16-,18+/m0/s1. The van der Waals surface area contributed by atoms with Crippen molar-refractivity contribution in [2.24, 2.45) is 5.92 Å². The van der Waals surface area contributed by atoms with E-state index < -0.39 is 0 Å². The second-order valence-electron chi connectivity index (χ2n) is 6.96. The fourth-order valence-electron chi connectivity index (χ4n) is 3.98. The fourth-order valence-corrected chi connectivity index (χ4v) is 3.98. The maximum atomic E-state index is 5.85. The van der Waals surface area contributed by atoms with Gasteiger partial charge in [0.25, 0.3) is 0 Å². The van der Waals surface area contributed by atoms with Gasteiger partial charge in [-0.15, -0.1) is 0 Å². The lowest BCUT2D eigenvalue weighted by Gasteiger charge is -2.22. The molecule has 1 aromatic carbocycles. The van der Waals surface area contributed by atoms with Crippen LogP contribution in [0.4, 0.5) is 0 Å². The van der Waals surface area contributed by atoms with Crippen LogP contribution in [0.5, 0.6) is 17.2 Å². The summed E-state index contributed by atoms with van der Waals surface area (Å²) in [5.74, 6) is 2.93. The minimum Gasteiger partial charge on any atom is -0.493 e. The Morgan fingerprint density at radius 3 is 2.48 bits per heavy atom. The molecule has 2 aromatic heterocycles. The molecule has 3 aromatic rings. The van der Waals surface area contributed by atoms with Crippen LogP contribution >= 0.6 is 0 Å². The zero-order valence-electron chi connectivity index (χ0n) is 16.9. The molecule has 1 aliphatic heterocycles. The van der Waals surface area contributed by atoms with E-state index in [4.69, 9.17) is 18.9 Å². The number of aromatic nitrogens is 3. The van der Waals surface area contributed by atoms with Gasteiger partial charge in [0.05, 0.1) is 46.1 Å². The van der Waals surface area contributed by atoms with Gasteiger partial charge in [-0.05, 0) is 36.2 Å². The molecule has 7 nitrogen and oxygen atoms in total. The maximum Gasteiger partial charge on any atom is 0.204 e. The molecule has 0 spiro atoms. The number of methoxy groups -OCH3 is 3. The minimum atomic E-state index is 0.179. The molecule has 3 heterocycles. The number of benzene rings is 1. The lowest BCUT2D eigenvalue weighted by Crippen LogP contribution is -2.20. The van der Waals surface area contributed by atoms with Crippen LogP contribution in [0.1, 0.15) is 11.6 Å². The Morgan fingerprint density at radius 2 is 1.76 bits per heavy atom. The number of pyridine rings is 1. The van der Waals surface area contributed by atoms with E-state index in [-0.39, 0.29) is 6.04 Å². The summed E-state index contributed by atoms with van der Waals surface area (Å²) < 4.78 is 24.7. The Kier molecular flexibility index (Phi) is 5.67. The van der Waals surface area contributed by atoms with E-state index in [9.17, 15) is 0 Å². The average molecular weight is 395 g/mol. The molecular formula is C22H25N3O4. The smallest absolute Gasteiger partial charge is 0.204 e. The second-order valence-corrected chi connectivity index (χ2v) is 6.96. The van der Waals surface area contributed by atoms with Crippen molar-refractivity contribution in [3.05, 3.63) is 54.6 Å². The summed E-state index contributed by atoms with van der Waals surface area (Å²) in [7, 11) is 4.84. The highest BCUT2D eigenvalue weighted by atomic mass is 16.5. The summed E-state index contributed by atoms with van der Waals surface area (Å²) in [5.41, 5.74) is 2.11. The molecule has 2 atom stereocenters. The number of ether oxygens (including phenoxy) is 4. The highest BCUT2D eigenvalue weighted by Gasteiger charge is 2.32. The number of nitrogens with zero attached hydrogens (tertiary/aromatic N) is 3. The molecule has 0 saturated carbocycles. The second kappa shape index (κ2) is 8.53. The molecule has 0 N–H and O–H groups in total. The maximum absolute atomic E-state index is 5.85. The summed E-state index contributed by atoms with van der Waals surface area (Å²) in [5, 5.41) is 0. The molecule has 1 fully saturated rings. The van der Waals surface area contributed by atoms with Gasteiger partial charge in [0.2, 0.25) is 5.75 Å². The first-order valence-electron chi connectivity index (χ1n) is 9.55. The first-order chi connectivity index (χ1) is 14.3. The molecular weight excluding hydrogens is 370 g/mol. The SMILES string of the molecule is COc1ccc(-c2nccn2[C@@H]2COC[C@@H]2Cc2ccncc2)c(OC)c1OC. The Hall–Kier alpha value is -3.06. The number of hydrogen-bond donors (Lipinski definition) is 0. The number of rotatable bonds is 7. The normalized spacial score (nSPS) is 18.6. The summed E-state index contributed by atoms with van der Waals surface area (Å²) in [6, 6.07) is 8.11. The van der Waals surface area contributed by atoms with Crippen LogP contribution in [-0.2, 0) is 11.2 Å². The van der Waals surface area contributed by atoms with Crippen molar-refractivity contribution in [1.29, 1.82) is 0 Å². The third-order valence-corrected chi connectivity index (χ3v) is 5.38. The predicted octanol–water partition coefficient (Wildman–Crippen LogP) is 3.40. The zero-order valence-corrected chi connectivity index (χ0v) is 16.9. The molecule has 0 unspecified atom stereocenters. The summed E-state index contributed by atoms with van der Waals surface area (Å²) in [6.07, 6.45) is 8.40. The van der Waals surface area contributed by atoms with Crippen LogP contribution in [0.3, 0.4) is 0 Å². The van der Waals surface area contributed by atoms with Crippen molar-refractivity contribution in [3.63, 3.8) is 0 Å². The topological polar surface area (TPSA) is 67.6 Å². The van der Waals surface area contributed by atoms with Crippen molar-refractivity contribution >= 4 is 0 Å². The van der Waals surface area contributed by atoms with Gasteiger partial charge < -0.3 is 23.5 Å². The van der Waals surface area contributed by atoms with E-state index in [2.05, 4.69) is 26.7 Å². The molecule has 1 saturated heterocycles. The number of imidazole rings is 1. The molecule has 7 heteroatoms. The van der Waals surface area contributed by atoms with Crippen molar-refractivity contribution in [3.8, 4) is 28.6 Å². The van der Waals surface area contributed by atoms with E-state index in [1.54, 1.807) is 21.3 Å². The van der Waals surface area contributed by atoms with Crippen LogP contribution in [0, 0.1) is 5.92 Å². The molecule has 0 bridgehead atoms. The van der Waals surface area contributed by atoms with Gasteiger partial charge in [0, 0.05) is 30.7 Å². The van der Waals surface area contributed by atoms with Crippen molar-refractivity contribution in [2.75, 3.05) is 34.5 Å². The molecule has 1 aliphatic rings. The molecule has 0 amide bonds. The van der Waals surface area contributed by atoms with Gasteiger partial charge in [0.1, 0.15) is 5.82 Å². The molecule has 0 aliphatic carbocycles. The third kappa shape index (κ3) is 3.65. The van der Waals surface area contributed by atoms with Crippen molar-refractivity contribution in [2.45, 2.75) is 12.5 Å². The van der Waals surface area contributed by atoms with Gasteiger partial charge in [-0.2, -0.15) is 0 Å². The van der Waals surface area contributed by atoms with Gasteiger partial charge in [-0.25, -0.2) is 4.98 Å². The van der Waals surface area contributed by atoms with Crippen molar-refractivity contribution < 1.29 is 18.9 Å². The lowest BCUT2D eigenvalue weighted by atomic mass is 9.95. The molecule has 0 radical (unpaired) electrons. The van der Waals surface area contributed by atoms with Crippen molar-refractivity contribution in [1.82, 2.24) is 14.5 Å². The van der Waals surface area contributed by atoms with Gasteiger partial charge in [-0.3, -0.25) is 4.98 Å². The number of hydrogen-bond acceptors (Lipinski definition) is 6.